The molecule has 3 aromatic rings. The van der Waals surface area contributed by atoms with E-state index >= 15 is 0 Å². The molecule has 144 valence electrons. The molecule has 0 bridgehead atoms. The van der Waals surface area contributed by atoms with Gasteiger partial charge in [0.15, 0.2) is 0 Å². The van der Waals surface area contributed by atoms with E-state index in [1.54, 1.807) is 12.1 Å². The Labute approximate surface area is 164 Å². The number of para-hydroxylation sites is 1. The van der Waals surface area contributed by atoms with Crippen molar-refractivity contribution in [3.8, 4) is 11.1 Å². The van der Waals surface area contributed by atoms with E-state index < -0.39 is 15.9 Å². The van der Waals surface area contributed by atoms with Crippen LogP contribution in [0, 0.1) is 0 Å². The Morgan fingerprint density at radius 2 is 1.61 bits per heavy atom. The van der Waals surface area contributed by atoms with E-state index in [0.29, 0.717) is 5.69 Å². The first-order valence-electron chi connectivity index (χ1n) is 8.52. The molecule has 0 atom stereocenters. The maximum absolute atomic E-state index is 12.8. The summed E-state index contributed by atoms with van der Waals surface area (Å²) in [4.78, 5) is 17.5. The third kappa shape index (κ3) is 4.12. The first-order valence-corrected chi connectivity index (χ1v) is 9.96. The highest BCUT2D eigenvalue weighted by atomic mass is 32.2. The van der Waals surface area contributed by atoms with Crippen LogP contribution >= 0.6 is 0 Å². The van der Waals surface area contributed by atoms with Crippen molar-refractivity contribution in [1.82, 2.24) is 4.47 Å². The summed E-state index contributed by atoms with van der Waals surface area (Å²) in [5, 5.41) is 2.87. The Hall–Kier alpha value is -3.00. The minimum absolute atomic E-state index is 0.0270. The van der Waals surface area contributed by atoms with Crippen molar-refractivity contribution in [1.29, 1.82) is 0 Å². The van der Waals surface area contributed by atoms with Gasteiger partial charge in [-0.25, -0.2) is 8.42 Å². The van der Waals surface area contributed by atoms with E-state index in [2.05, 4.69) is 5.32 Å². The summed E-state index contributed by atoms with van der Waals surface area (Å²) < 4.78 is 25.6. The molecule has 0 spiro atoms. The number of anilines is 1. The highest BCUT2D eigenvalue weighted by molar-refractivity contribution is 7.89. The molecule has 0 unspecified atom stereocenters. The standard InChI is InChI=1S/C21H20N2O4S/c1-23(27-2)28(25,26)18-12-8-11-17(15-18)21(24)22-20-14-7-6-13-19(20)16-9-4-3-5-10-16/h3-15H,1-2H3,(H,22,24). The third-order valence-electron chi connectivity index (χ3n) is 4.25. The molecule has 1 amide bonds. The van der Waals surface area contributed by atoms with Crippen LogP contribution in [0.2, 0.25) is 0 Å². The van der Waals surface area contributed by atoms with Crippen LogP contribution < -0.4 is 5.32 Å². The van der Waals surface area contributed by atoms with Gasteiger partial charge in [0.05, 0.1) is 12.0 Å². The summed E-state index contributed by atoms with van der Waals surface area (Å²) >= 11 is 0. The van der Waals surface area contributed by atoms with Crippen LogP contribution in [0.4, 0.5) is 5.69 Å². The van der Waals surface area contributed by atoms with Crippen molar-refractivity contribution in [2.75, 3.05) is 19.5 Å². The van der Waals surface area contributed by atoms with Crippen molar-refractivity contribution >= 4 is 21.6 Å². The molecule has 0 saturated carbocycles. The minimum atomic E-state index is -3.84. The highest BCUT2D eigenvalue weighted by Gasteiger charge is 2.22. The zero-order valence-corrected chi connectivity index (χ0v) is 16.3. The van der Waals surface area contributed by atoms with Gasteiger partial charge < -0.3 is 5.32 Å². The molecular formula is C21H20N2O4S. The topological polar surface area (TPSA) is 75.7 Å². The number of sulfonamides is 1. The quantitative estimate of drug-likeness (QED) is 0.643. The number of nitrogens with one attached hydrogen (secondary N) is 1. The van der Waals surface area contributed by atoms with Gasteiger partial charge in [-0.15, -0.1) is 0 Å². The number of benzene rings is 3. The van der Waals surface area contributed by atoms with E-state index in [9.17, 15) is 13.2 Å². The average molecular weight is 396 g/mol. The van der Waals surface area contributed by atoms with E-state index in [1.165, 1.54) is 32.4 Å². The maximum Gasteiger partial charge on any atom is 0.264 e. The van der Waals surface area contributed by atoms with Gasteiger partial charge >= 0.3 is 0 Å². The molecule has 0 fully saturated rings. The Balaban J connectivity index is 1.91. The third-order valence-corrected chi connectivity index (χ3v) is 5.93. The molecule has 7 heteroatoms. The summed E-state index contributed by atoms with van der Waals surface area (Å²) in [6.07, 6.45) is 0. The molecule has 6 nitrogen and oxygen atoms in total. The van der Waals surface area contributed by atoms with Crippen LogP contribution in [0.15, 0.2) is 83.8 Å². The van der Waals surface area contributed by atoms with Crippen LogP contribution in [0.5, 0.6) is 0 Å². The van der Waals surface area contributed by atoms with E-state index in [-0.39, 0.29) is 10.5 Å². The Morgan fingerprint density at radius 3 is 2.32 bits per heavy atom. The van der Waals surface area contributed by atoms with Gasteiger partial charge in [0, 0.05) is 23.9 Å². The number of hydroxylamine groups is 1. The monoisotopic (exact) mass is 396 g/mol. The molecule has 0 aliphatic heterocycles. The van der Waals surface area contributed by atoms with Crippen molar-refractivity contribution < 1.29 is 18.0 Å². The second-order valence-corrected chi connectivity index (χ2v) is 7.93. The lowest BCUT2D eigenvalue weighted by Crippen LogP contribution is -2.26. The number of nitrogens with zero attached hydrogens (tertiary/aromatic N) is 1. The fourth-order valence-corrected chi connectivity index (χ4v) is 3.72. The van der Waals surface area contributed by atoms with Crippen molar-refractivity contribution in [2.24, 2.45) is 0 Å². The summed E-state index contributed by atoms with van der Waals surface area (Å²) in [5.41, 5.74) is 2.71. The molecule has 28 heavy (non-hydrogen) atoms. The van der Waals surface area contributed by atoms with Gasteiger partial charge in [-0.2, -0.15) is 0 Å². The molecule has 0 aliphatic carbocycles. The molecule has 3 aromatic carbocycles. The second kappa shape index (κ2) is 8.35. The SMILES string of the molecule is CON(C)S(=O)(=O)c1cccc(C(=O)Nc2ccccc2-c2ccccc2)c1. The van der Waals surface area contributed by atoms with Crippen molar-refractivity contribution in [3.63, 3.8) is 0 Å². The van der Waals surface area contributed by atoms with Crippen LogP contribution in [-0.4, -0.2) is 33.0 Å². The van der Waals surface area contributed by atoms with Gasteiger partial charge in [-0.3, -0.25) is 9.63 Å². The van der Waals surface area contributed by atoms with Gasteiger partial charge in [-0.05, 0) is 29.8 Å². The zero-order valence-electron chi connectivity index (χ0n) is 15.5. The first kappa shape index (κ1) is 19.8. The van der Waals surface area contributed by atoms with Crippen LogP contribution in [0.3, 0.4) is 0 Å². The van der Waals surface area contributed by atoms with Gasteiger partial charge in [0.1, 0.15) is 0 Å². The summed E-state index contributed by atoms with van der Waals surface area (Å²) in [7, 11) is -1.29. The van der Waals surface area contributed by atoms with E-state index in [4.69, 9.17) is 4.84 Å². The fraction of sp³-hybridized carbons (Fsp3) is 0.0952. The van der Waals surface area contributed by atoms with Crippen LogP contribution in [0.1, 0.15) is 10.4 Å². The predicted molar refractivity (Wildman–Crippen MR) is 108 cm³/mol. The van der Waals surface area contributed by atoms with Gasteiger partial charge in [0.25, 0.3) is 15.9 Å². The number of rotatable bonds is 6. The molecule has 3 rings (SSSR count). The van der Waals surface area contributed by atoms with Crippen LogP contribution in [-0.2, 0) is 14.9 Å². The first-order chi connectivity index (χ1) is 13.4. The highest BCUT2D eigenvalue weighted by Crippen LogP contribution is 2.28. The molecule has 0 heterocycles. The van der Waals surface area contributed by atoms with E-state index in [1.807, 2.05) is 48.5 Å². The molecule has 0 aliphatic rings. The van der Waals surface area contributed by atoms with E-state index in [0.717, 1.165) is 15.6 Å². The second-order valence-electron chi connectivity index (χ2n) is 5.99. The largest absolute Gasteiger partial charge is 0.321 e. The molecular weight excluding hydrogens is 376 g/mol. The van der Waals surface area contributed by atoms with Gasteiger partial charge in [0.2, 0.25) is 0 Å². The van der Waals surface area contributed by atoms with Crippen molar-refractivity contribution in [3.05, 3.63) is 84.4 Å². The lowest BCUT2D eigenvalue weighted by Gasteiger charge is -2.15. The zero-order chi connectivity index (χ0) is 20.1. The number of amides is 1. The smallest absolute Gasteiger partial charge is 0.264 e. The fourth-order valence-electron chi connectivity index (χ4n) is 2.70. The number of hydrogen-bond donors (Lipinski definition) is 1. The number of carbonyl (C=O) groups excluding carboxylic acids is 1. The minimum Gasteiger partial charge on any atom is -0.321 e. The normalized spacial score (nSPS) is 11.4. The molecule has 1 N–H and O–H groups in total. The van der Waals surface area contributed by atoms with Gasteiger partial charge in [-0.1, -0.05) is 59.1 Å². The predicted octanol–water partition coefficient (Wildman–Crippen LogP) is 3.79. The summed E-state index contributed by atoms with van der Waals surface area (Å²) in [6, 6.07) is 23.0. The Kier molecular flexibility index (Phi) is 5.89. The molecule has 0 aromatic heterocycles. The van der Waals surface area contributed by atoms with Crippen molar-refractivity contribution in [2.45, 2.75) is 4.90 Å². The lowest BCUT2D eigenvalue weighted by molar-refractivity contribution is -0.0258. The molecule has 0 saturated heterocycles. The summed E-state index contributed by atoms with van der Waals surface area (Å²) in [6.45, 7) is 0. The maximum atomic E-state index is 12.8. The Bertz CT molecular complexity index is 1080. The van der Waals surface area contributed by atoms with Crippen LogP contribution in [0.25, 0.3) is 11.1 Å². The number of hydrogen-bond acceptors (Lipinski definition) is 4. The summed E-state index contributed by atoms with van der Waals surface area (Å²) in [5.74, 6) is -0.402. The number of carbonyl (C=O) groups is 1. The average Bonchev–Trinajstić information content (AvgIpc) is 2.74. The molecule has 0 radical (unpaired) electrons. The Morgan fingerprint density at radius 1 is 0.929 bits per heavy atom. The lowest BCUT2D eigenvalue weighted by atomic mass is 10.0.